The van der Waals surface area contributed by atoms with Gasteiger partial charge in [0.05, 0.1) is 5.69 Å². The van der Waals surface area contributed by atoms with Crippen LogP contribution in [0.4, 0.5) is 15.2 Å². The fourth-order valence-corrected chi connectivity index (χ4v) is 3.62. The maximum Gasteiger partial charge on any atom is 0.257 e. The van der Waals surface area contributed by atoms with Crippen LogP contribution in [0.25, 0.3) is 11.3 Å². The number of halogens is 1. The average molecular weight is 381 g/mol. The van der Waals surface area contributed by atoms with Gasteiger partial charge in [-0.15, -0.1) is 11.3 Å². The van der Waals surface area contributed by atoms with E-state index in [0.717, 1.165) is 22.5 Å². The molecule has 2 N–H and O–H groups in total. The van der Waals surface area contributed by atoms with Crippen LogP contribution in [0, 0.1) is 12.7 Å². The van der Waals surface area contributed by atoms with Crippen molar-refractivity contribution in [2.45, 2.75) is 19.8 Å². The van der Waals surface area contributed by atoms with Crippen molar-refractivity contribution in [2.75, 3.05) is 10.6 Å². The summed E-state index contributed by atoms with van der Waals surface area (Å²) < 4.78 is 13.6. The molecule has 3 aromatic rings. The molecule has 0 aliphatic carbocycles. The minimum absolute atomic E-state index is 0.0291. The van der Waals surface area contributed by atoms with E-state index in [9.17, 15) is 14.0 Å². The van der Waals surface area contributed by atoms with E-state index in [-0.39, 0.29) is 11.5 Å². The standard InChI is InChI=1S/C20H16FN3O2S/c1-11-2-3-14(9-15(11)21)19(26)24-20-23-17(10-27-20)13-4-6-16-12(8-13)5-7-18(25)22-16/h2-4,6,8-10H,5,7H2,1H3,(H,22,25)(H,23,24,26). The number of carbonyl (C=O) groups excluding carboxylic acids is 2. The predicted octanol–water partition coefficient (Wildman–Crippen LogP) is 4.39. The third-order valence-corrected chi connectivity index (χ3v) is 5.21. The summed E-state index contributed by atoms with van der Waals surface area (Å²) in [4.78, 5) is 28.2. The molecule has 0 atom stereocenters. The molecule has 2 heterocycles. The van der Waals surface area contributed by atoms with Crippen LogP contribution in [0.15, 0.2) is 41.8 Å². The molecule has 27 heavy (non-hydrogen) atoms. The summed E-state index contributed by atoms with van der Waals surface area (Å²) in [6.45, 7) is 1.65. The lowest BCUT2D eigenvalue weighted by molar-refractivity contribution is -0.116. The quantitative estimate of drug-likeness (QED) is 0.707. The van der Waals surface area contributed by atoms with E-state index in [2.05, 4.69) is 15.6 Å². The Hall–Kier alpha value is -3.06. The molecule has 1 aliphatic rings. The van der Waals surface area contributed by atoms with Crippen LogP contribution in [0.5, 0.6) is 0 Å². The second-order valence-electron chi connectivity index (χ2n) is 6.38. The molecule has 5 nitrogen and oxygen atoms in total. The largest absolute Gasteiger partial charge is 0.326 e. The minimum atomic E-state index is -0.413. The van der Waals surface area contributed by atoms with E-state index < -0.39 is 11.7 Å². The van der Waals surface area contributed by atoms with Crippen molar-refractivity contribution < 1.29 is 14.0 Å². The van der Waals surface area contributed by atoms with Gasteiger partial charge in [-0.2, -0.15) is 0 Å². The maximum atomic E-state index is 13.6. The van der Waals surface area contributed by atoms with Gasteiger partial charge in [-0.3, -0.25) is 14.9 Å². The minimum Gasteiger partial charge on any atom is -0.326 e. The first kappa shape index (κ1) is 17.4. The first-order valence-electron chi connectivity index (χ1n) is 8.46. The molecule has 136 valence electrons. The molecule has 0 saturated carbocycles. The second kappa shape index (κ2) is 6.92. The van der Waals surface area contributed by atoms with Crippen molar-refractivity contribution >= 4 is 34.0 Å². The number of thiazole rings is 1. The van der Waals surface area contributed by atoms with Crippen molar-refractivity contribution in [2.24, 2.45) is 0 Å². The normalized spacial score (nSPS) is 13.0. The molecular weight excluding hydrogens is 365 g/mol. The van der Waals surface area contributed by atoms with E-state index in [1.807, 2.05) is 23.6 Å². The molecule has 7 heteroatoms. The summed E-state index contributed by atoms with van der Waals surface area (Å²) in [6, 6.07) is 10.1. The number of rotatable bonds is 3. The van der Waals surface area contributed by atoms with Crippen LogP contribution in [0.3, 0.4) is 0 Å². The van der Waals surface area contributed by atoms with Crippen molar-refractivity contribution in [1.29, 1.82) is 0 Å². The summed E-state index contributed by atoms with van der Waals surface area (Å²) in [6.07, 6.45) is 1.17. The molecule has 1 aliphatic heterocycles. The van der Waals surface area contributed by atoms with Crippen molar-refractivity contribution in [1.82, 2.24) is 4.98 Å². The van der Waals surface area contributed by atoms with E-state index >= 15 is 0 Å². The lowest BCUT2D eigenvalue weighted by atomic mass is 9.99. The molecule has 0 radical (unpaired) electrons. The summed E-state index contributed by atoms with van der Waals surface area (Å²) in [5.74, 6) is -0.784. The van der Waals surface area contributed by atoms with Gasteiger partial charge in [0.25, 0.3) is 5.91 Å². The molecule has 0 bridgehead atoms. The number of anilines is 2. The SMILES string of the molecule is Cc1ccc(C(=O)Nc2nc(-c3ccc4c(c3)CCC(=O)N4)cs2)cc1F. The molecule has 2 amide bonds. The number of hydrogen-bond donors (Lipinski definition) is 2. The average Bonchev–Trinajstić information content (AvgIpc) is 3.12. The Bertz CT molecular complexity index is 1060. The van der Waals surface area contributed by atoms with Gasteiger partial charge in [0.15, 0.2) is 5.13 Å². The van der Waals surface area contributed by atoms with Crippen molar-refractivity contribution in [3.8, 4) is 11.3 Å². The van der Waals surface area contributed by atoms with Crippen LogP contribution in [0.2, 0.25) is 0 Å². The Kier molecular flexibility index (Phi) is 4.45. The smallest absolute Gasteiger partial charge is 0.257 e. The van der Waals surface area contributed by atoms with E-state index in [1.54, 1.807) is 19.1 Å². The monoisotopic (exact) mass is 381 g/mol. The molecule has 1 aromatic heterocycles. The predicted molar refractivity (Wildman–Crippen MR) is 104 cm³/mol. The van der Waals surface area contributed by atoms with Crippen LogP contribution in [-0.2, 0) is 11.2 Å². The molecule has 0 saturated heterocycles. The molecular formula is C20H16FN3O2S. The highest BCUT2D eigenvalue weighted by molar-refractivity contribution is 7.14. The molecule has 0 spiro atoms. The Morgan fingerprint density at radius 1 is 1.22 bits per heavy atom. The number of fused-ring (bicyclic) bond motifs is 1. The third kappa shape index (κ3) is 3.59. The third-order valence-electron chi connectivity index (χ3n) is 4.46. The van der Waals surface area contributed by atoms with E-state index in [1.165, 1.54) is 17.4 Å². The summed E-state index contributed by atoms with van der Waals surface area (Å²) in [5.41, 5.74) is 4.31. The second-order valence-corrected chi connectivity index (χ2v) is 7.23. The van der Waals surface area contributed by atoms with Crippen LogP contribution >= 0.6 is 11.3 Å². The van der Waals surface area contributed by atoms with Crippen molar-refractivity contribution in [3.63, 3.8) is 0 Å². The molecule has 0 unspecified atom stereocenters. The highest BCUT2D eigenvalue weighted by Gasteiger charge is 2.16. The zero-order valence-electron chi connectivity index (χ0n) is 14.5. The number of nitrogens with zero attached hydrogens (tertiary/aromatic N) is 1. The number of benzene rings is 2. The van der Waals surface area contributed by atoms with Crippen LogP contribution in [-0.4, -0.2) is 16.8 Å². The van der Waals surface area contributed by atoms with E-state index in [4.69, 9.17) is 0 Å². The van der Waals surface area contributed by atoms with E-state index in [0.29, 0.717) is 23.5 Å². The van der Waals surface area contributed by atoms with Gasteiger partial charge >= 0.3 is 0 Å². The number of nitrogens with one attached hydrogen (secondary N) is 2. The Morgan fingerprint density at radius 2 is 2.07 bits per heavy atom. The van der Waals surface area contributed by atoms with Gasteiger partial charge in [-0.1, -0.05) is 12.1 Å². The number of amides is 2. The zero-order chi connectivity index (χ0) is 19.0. The van der Waals surface area contributed by atoms with Gasteiger partial charge in [0, 0.05) is 28.6 Å². The topological polar surface area (TPSA) is 71.1 Å². The lowest BCUT2D eigenvalue weighted by Crippen LogP contribution is -2.18. The fourth-order valence-electron chi connectivity index (χ4n) is 2.91. The van der Waals surface area contributed by atoms with Gasteiger partial charge in [0.2, 0.25) is 5.91 Å². The number of aromatic nitrogens is 1. The van der Waals surface area contributed by atoms with Gasteiger partial charge in [-0.25, -0.2) is 9.37 Å². The summed E-state index contributed by atoms with van der Waals surface area (Å²) in [7, 11) is 0. The highest BCUT2D eigenvalue weighted by atomic mass is 32.1. The highest BCUT2D eigenvalue weighted by Crippen LogP contribution is 2.30. The van der Waals surface area contributed by atoms with Crippen LogP contribution < -0.4 is 10.6 Å². The zero-order valence-corrected chi connectivity index (χ0v) is 15.3. The number of aryl methyl sites for hydroxylation is 2. The Morgan fingerprint density at radius 3 is 2.89 bits per heavy atom. The first-order valence-corrected chi connectivity index (χ1v) is 9.34. The molecule has 2 aromatic carbocycles. The Balaban J connectivity index is 1.52. The van der Waals surface area contributed by atoms with Gasteiger partial charge < -0.3 is 5.32 Å². The lowest BCUT2D eigenvalue weighted by Gasteiger charge is -2.17. The number of hydrogen-bond acceptors (Lipinski definition) is 4. The Labute approximate surface area is 159 Å². The first-order chi connectivity index (χ1) is 13.0. The molecule has 0 fully saturated rings. The fraction of sp³-hybridized carbons (Fsp3) is 0.150. The van der Waals surface area contributed by atoms with Crippen LogP contribution in [0.1, 0.15) is 27.9 Å². The molecule has 4 rings (SSSR count). The summed E-state index contributed by atoms with van der Waals surface area (Å²) in [5, 5.41) is 7.86. The van der Waals surface area contributed by atoms with Gasteiger partial charge in [-0.05, 0) is 48.7 Å². The summed E-state index contributed by atoms with van der Waals surface area (Å²) >= 11 is 1.31. The van der Waals surface area contributed by atoms with Gasteiger partial charge in [0.1, 0.15) is 5.82 Å². The maximum absolute atomic E-state index is 13.6. The van der Waals surface area contributed by atoms with Crippen molar-refractivity contribution in [3.05, 3.63) is 64.3 Å². The number of carbonyl (C=O) groups is 2.